The standard InChI is InChI=1S/C14H11BrN2O4/c1-16(10-3-2-4-11(18)8-10)14(19)9-5-6-12(15)13(7-9)17(20)21/h2-8,18H,1H3. The van der Waals surface area contributed by atoms with Gasteiger partial charge in [0.15, 0.2) is 0 Å². The van der Waals surface area contributed by atoms with E-state index in [1.165, 1.54) is 42.3 Å². The number of carbonyl (C=O) groups is 1. The fraction of sp³-hybridized carbons (Fsp3) is 0.0714. The molecule has 0 aliphatic rings. The first-order valence-electron chi connectivity index (χ1n) is 5.91. The molecular weight excluding hydrogens is 340 g/mol. The Hall–Kier alpha value is -2.41. The van der Waals surface area contributed by atoms with Crippen molar-refractivity contribution in [2.45, 2.75) is 0 Å². The average Bonchev–Trinajstić information content (AvgIpc) is 2.46. The monoisotopic (exact) mass is 350 g/mol. The van der Waals surface area contributed by atoms with Gasteiger partial charge in [0.1, 0.15) is 5.75 Å². The molecule has 6 nitrogen and oxygen atoms in total. The van der Waals surface area contributed by atoms with E-state index in [0.29, 0.717) is 10.2 Å². The molecule has 0 saturated heterocycles. The highest BCUT2D eigenvalue weighted by molar-refractivity contribution is 9.10. The summed E-state index contributed by atoms with van der Waals surface area (Å²) in [7, 11) is 1.53. The summed E-state index contributed by atoms with van der Waals surface area (Å²) < 4.78 is 0.309. The Morgan fingerprint density at radius 1 is 1.29 bits per heavy atom. The number of carbonyl (C=O) groups excluding carboxylic acids is 1. The Kier molecular flexibility index (Phi) is 4.23. The number of hydrogen-bond acceptors (Lipinski definition) is 4. The number of hydrogen-bond donors (Lipinski definition) is 1. The van der Waals surface area contributed by atoms with Crippen LogP contribution in [0.1, 0.15) is 10.4 Å². The van der Waals surface area contributed by atoms with Crippen LogP contribution in [0.5, 0.6) is 5.75 Å². The molecule has 2 rings (SSSR count). The fourth-order valence-electron chi connectivity index (χ4n) is 1.80. The van der Waals surface area contributed by atoms with Gasteiger partial charge in [0.05, 0.1) is 9.40 Å². The normalized spacial score (nSPS) is 10.2. The van der Waals surface area contributed by atoms with E-state index < -0.39 is 10.8 Å². The highest BCUT2D eigenvalue weighted by atomic mass is 79.9. The van der Waals surface area contributed by atoms with E-state index in [2.05, 4.69) is 15.9 Å². The van der Waals surface area contributed by atoms with E-state index in [0.717, 1.165) is 0 Å². The molecular formula is C14H11BrN2O4. The van der Waals surface area contributed by atoms with Crippen LogP contribution in [-0.4, -0.2) is 23.0 Å². The summed E-state index contributed by atoms with van der Waals surface area (Å²) in [5.74, 6) is -0.370. The highest BCUT2D eigenvalue weighted by Gasteiger charge is 2.19. The molecule has 0 fully saturated rings. The molecule has 0 atom stereocenters. The molecule has 0 aliphatic carbocycles. The van der Waals surface area contributed by atoms with Crippen LogP contribution in [0.15, 0.2) is 46.9 Å². The third-order valence-electron chi connectivity index (χ3n) is 2.91. The van der Waals surface area contributed by atoms with Crippen molar-refractivity contribution in [1.82, 2.24) is 0 Å². The number of benzene rings is 2. The molecule has 1 N–H and O–H groups in total. The van der Waals surface area contributed by atoms with Crippen molar-refractivity contribution in [2.24, 2.45) is 0 Å². The van der Waals surface area contributed by atoms with Crippen molar-refractivity contribution >= 4 is 33.2 Å². The number of halogens is 1. The zero-order valence-electron chi connectivity index (χ0n) is 11.0. The summed E-state index contributed by atoms with van der Waals surface area (Å²) in [6, 6.07) is 10.4. The Morgan fingerprint density at radius 2 is 2.00 bits per heavy atom. The first-order valence-corrected chi connectivity index (χ1v) is 6.70. The highest BCUT2D eigenvalue weighted by Crippen LogP contribution is 2.27. The van der Waals surface area contributed by atoms with Gasteiger partial charge in [0, 0.05) is 30.4 Å². The molecule has 2 aromatic carbocycles. The number of amides is 1. The molecule has 0 heterocycles. The lowest BCUT2D eigenvalue weighted by Crippen LogP contribution is -2.26. The van der Waals surface area contributed by atoms with Gasteiger partial charge in [-0.2, -0.15) is 0 Å². The second kappa shape index (κ2) is 5.92. The number of aromatic hydroxyl groups is 1. The number of nitrogens with zero attached hydrogens (tertiary/aromatic N) is 2. The van der Waals surface area contributed by atoms with Gasteiger partial charge in [-0.1, -0.05) is 6.07 Å². The maximum atomic E-state index is 12.3. The molecule has 0 spiro atoms. The number of nitro groups is 1. The summed E-state index contributed by atoms with van der Waals surface area (Å²) >= 11 is 3.07. The first kappa shape index (κ1) is 15.0. The van der Waals surface area contributed by atoms with E-state index in [-0.39, 0.29) is 17.0 Å². The lowest BCUT2D eigenvalue weighted by atomic mass is 10.1. The summed E-state index contributed by atoms with van der Waals surface area (Å²) in [5, 5.41) is 20.3. The van der Waals surface area contributed by atoms with E-state index >= 15 is 0 Å². The number of nitro benzene ring substituents is 1. The quantitative estimate of drug-likeness (QED) is 0.679. The van der Waals surface area contributed by atoms with Crippen molar-refractivity contribution in [3.63, 3.8) is 0 Å². The molecule has 0 aromatic heterocycles. The molecule has 0 bridgehead atoms. The zero-order chi connectivity index (χ0) is 15.6. The van der Waals surface area contributed by atoms with E-state index in [4.69, 9.17) is 0 Å². The van der Waals surface area contributed by atoms with Gasteiger partial charge in [0.2, 0.25) is 0 Å². The Labute approximate surface area is 128 Å². The van der Waals surface area contributed by atoms with Crippen LogP contribution in [0.4, 0.5) is 11.4 Å². The van der Waals surface area contributed by atoms with Crippen LogP contribution in [0.2, 0.25) is 0 Å². The van der Waals surface area contributed by atoms with Gasteiger partial charge >= 0.3 is 0 Å². The minimum absolute atomic E-state index is 0.0361. The Bertz CT molecular complexity index is 718. The third kappa shape index (κ3) is 3.19. The molecule has 0 aliphatic heterocycles. The molecule has 1 amide bonds. The predicted octanol–water partition coefficient (Wildman–Crippen LogP) is 3.34. The number of phenolic OH excluding ortho intramolecular Hbond substituents is 1. The van der Waals surface area contributed by atoms with Gasteiger partial charge in [-0.25, -0.2) is 0 Å². The Morgan fingerprint density at radius 3 is 2.62 bits per heavy atom. The van der Waals surface area contributed by atoms with Crippen LogP contribution in [-0.2, 0) is 0 Å². The smallest absolute Gasteiger partial charge is 0.284 e. The van der Waals surface area contributed by atoms with Gasteiger partial charge in [-0.3, -0.25) is 14.9 Å². The van der Waals surface area contributed by atoms with Crippen molar-refractivity contribution in [1.29, 1.82) is 0 Å². The topological polar surface area (TPSA) is 83.7 Å². The first-order chi connectivity index (χ1) is 9.90. The van der Waals surface area contributed by atoms with Gasteiger partial charge in [-0.15, -0.1) is 0 Å². The lowest BCUT2D eigenvalue weighted by Gasteiger charge is -2.17. The van der Waals surface area contributed by atoms with Gasteiger partial charge in [-0.05, 0) is 40.2 Å². The van der Waals surface area contributed by atoms with Crippen LogP contribution in [0, 0.1) is 10.1 Å². The summed E-state index contributed by atoms with van der Waals surface area (Å²) in [6.45, 7) is 0. The van der Waals surface area contributed by atoms with Crippen molar-refractivity contribution in [3.8, 4) is 5.75 Å². The molecule has 7 heteroatoms. The minimum Gasteiger partial charge on any atom is -0.508 e. The summed E-state index contributed by atoms with van der Waals surface area (Å²) in [4.78, 5) is 24.0. The average molecular weight is 351 g/mol. The van der Waals surface area contributed by atoms with E-state index in [1.54, 1.807) is 12.1 Å². The second-order valence-corrected chi connectivity index (χ2v) is 5.16. The molecule has 0 radical (unpaired) electrons. The summed E-state index contributed by atoms with van der Waals surface area (Å²) in [5.41, 5.74) is 0.506. The van der Waals surface area contributed by atoms with E-state index in [1.807, 2.05) is 0 Å². The van der Waals surface area contributed by atoms with Crippen LogP contribution in [0.25, 0.3) is 0 Å². The largest absolute Gasteiger partial charge is 0.508 e. The van der Waals surface area contributed by atoms with Crippen molar-refractivity contribution < 1.29 is 14.8 Å². The fourth-order valence-corrected chi connectivity index (χ4v) is 2.19. The number of anilines is 1. The number of phenols is 1. The molecule has 2 aromatic rings. The molecule has 0 saturated carbocycles. The number of rotatable bonds is 3. The lowest BCUT2D eigenvalue weighted by molar-refractivity contribution is -0.385. The van der Waals surface area contributed by atoms with Crippen LogP contribution in [0.3, 0.4) is 0 Å². The molecule has 0 unspecified atom stereocenters. The van der Waals surface area contributed by atoms with Gasteiger partial charge < -0.3 is 10.0 Å². The molecule has 21 heavy (non-hydrogen) atoms. The van der Waals surface area contributed by atoms with Crippen molar-refractivity contribution in [3.05, 3.63) is 62.6 Å². The van der Waals surface area contributed by atoms with Crippen LogP contribution >= 0.6 is 15.9 Å². The zero-order valence-corrected chi connectivity index (χ0v) is 12.6. The maximum absolute atomic E-state index is 12.3. The van der Waals surface area contributed by atoms with E-state index in [9.17, 15) is 20.0 Å². The van der Waals surface area contributed by atoms with Crippen molar-refractivity contribution in [2.75, 3.05) is 11.9 Å². The predicted molar refractivity (Wildman–Crippen MR) is 81.6 cm³/mol. The Balaban J connectivity index is 2.36. The molecule has 108 valence electrons. The second-order valence-electron chi connectivity index (χ2n) is 4.31. The minimum atomic E-state index is -0.560. The SMILES string of the molecule is CN(C(=O)c1ccc(Br)c([N+](=O)[O-])c1)c1cccc(O)c1. The summed E-state index contributed by atoms with van der Waals surface area (Å²) in [6.07, 6.45) is 0. The third-order valence-corrected chi connectivity index (χ3v) is 3.58. The van der Waals surface area contributed by atoms with Crippen LogP contribution < -0.4 is 4.90 Å². The van der Waals surface area contributed by atoms with Gasteiger partial charge in [0.25, 0.3) is 11.6 Å². The maximum Gasteiger partial charge on any atom is 0.284 e.